The minimum atomic E-state index is 0.572. The summed E-state index contributed by atoms with van der Waals surface area (Å²) in [4.78, 5) is 7.03. The second-order valence-corrected chi connectivity index (χ2v) is 6.26. The summed E-state index contributed by atoms with van der Waals surface area (Å²) in [5.41, 5.74) is 0. The Morgan fingerprint density at radius 2 is 2.09 bits per heavy atom. The minimum absolute atomic E-state index is 0.572. The predicted molar refractivity (Wildman–Crippen MR) is 89.8 cm³/mol. The third-order valence-electron chi connectivity index (χ3n) is 4.45. The molecule has 1 aliphatic carbocycles. The minimum Gasteiger partial charge on any atom is -0.354 e. The summed E-state index contributed by atoms with van der Waals surface area (Å²) in [5, 5.41) is 11.9. The lowest BCUT2D eigenvalue weighted by molar-refractivity contribution is 0.448. The third kappa shape index (κ3) is 4.45. The molecule has 1 saturated carbocycles. The molecule has 1 aromatic heterocycles. The number of guanidine groups is 1. The van der Waals surface area contributed by atoms with Crippen molar-refractivity contribution in [2.75, 3.05) is 13.6 Å². The number of nitrogens with zero attached hydrogens (tertiary/aromatic N) is 5. The summed E-state index contributed by atoms with van der Waals surface area (Å²) >= 11 is 0. The van der Waals surface area contributed by atoms with Crippen molar-refractivity contribution in [3.05, 3.63) is 11.6 Å². The maximum absolute atomic E-state index is 4.79. The van der Waals surface area contributed by atoms with Gasteiger partial charge in [0.05, 0.1) is 0 Å². The molecule has 6 heteroatoms. The van der Waals surface area contributed by atoms with Crippen LogP contribution in [0.5, 0.6) is 0 Å². The molecule has 0 unspecified atom stereocenters. The van der Waals surface area contributed by atoms with E-state index in [-0.39, 0.29) is 0 Å². The molecule has 0 saturated heterocycles. The van der Waals surface area contributed by atoms with Gasteiger partial charge in [-0.3, -0.25) is 0 Å². The van der Waals surface area contributed by atoms with Crippen LogP contribution in [0.2, 0.25) is 0 Å². The first-order valence-electron chi connectivity index (χ1n) is 8.48. The van der Waals surface area contributed by atoms with Crippen molar-refractivity contribution < 1.29 is 0 Å². The van der Waals surface area contributed by atoms with Gasteiger partial charge in [-0.25, -0.2) is 4.99 Å². The molecule has 1 aliphatic rings. The summed E-state index contributed by atoms with van der Waals surface area (Å²) in [6.07, 6.45) is 7.54. The van der Waals surface area contributed by atoms with E-state index in [0.29, 0.717) is 12.6 Å². The van der Waals surface area contributed by atoms with Gasteiger partial charge in [-0.2, -0.15) is 0 Å². The maximum atomic E-state index is 4.79. The van der Waals surface area contributed by atoms with Gasteiger partial charge in [-0.05, 0) is 26.2 Å². The Morgan fingerprint density at radius 1 is 1.36 bits per heavy atom. The summed E-state index contributed by atoms with van der Waals surface area (Å²) in [6, 6.07) is 0.573. The molecule has 1 heterocycles. The lowest BCUT2D eigenvalue weighted by atomic mass is 10.2. The third-order valence-corrected chi connectivity index (χ3v) is 4.45. The Morgan fingerprint density at radius 3 is 2.68 bits per heavy atom. The number of hydrogen-bond acceptors (Lipinski definition) is 3. The van der Waals surface area contributed by atoms with E-state index in [2.05, 4.69) is 34.4 Å². The monoisotopic (exact) mass is 306 g/mol. The van der Waals surface area contributed by atoms with Crippen LogP contribution in [0.1, 0.15) is 57.1 Å². The molecule has 0 radical (unpaired) electrons. The fourth-order valence-corrected chi connectivity index (χ4v) is 2.76. The molecule has 1 fully saturated rings. The van der Waals surface area contributed by atoms with Gasteiger partial charge in [0.15, 0.2) is 11.8 Å². The summed E-state index contributed by atoms with van der Waals surface area (Å²) in [6.45, 7) is 5.79. The quantitative estimate of drug-likeness (QED) is 0.647. The van der Waals surface area contributed by atoms with Gasteiger partial charge in [-0.15, -0.1) is 10.2 Å². The first kappa shape index (κ1) is 16.8. The molecule has 0 aliphatic heterocycles. The van der Waals surface area contributed by atoms with Crippen molar-refractivity contribution in [2.24, 2.45) is 12.0 Å². The molecule has 1 aromatic rings. The van der Waals surface area contributed by atoms with E-state index < -0.39 is 0 Å². The highest BCUT2D eigenvalue weighted by Gasteiger charge is 2.18. The number of nitrogens with one attached hydrogen (secondary N) is 1. The summed E-state index contributed by atoms with van der Waals surface area (Å²) in [7, 11) is 4.11. The van der Waals surface area contributed by atoms with E-state index in [4.69, 9.17) is 4.99 Å². The molecule has 0 atom stereocenters. The van der Waals surface area contributed by atoms with Crippen LogP contribution >= 0.6 is 0 Å². The first-order chi connectivity index (χ1) is 10.6. The summed E-state index contributed by atoms with van der Waals surface area (Å²) in [5.74, 6) is 2.84. The van der Waals surface area contributed by atoms with Crippen molar-refractivity contribution in [3.63, 3.8) is 0 Å². The van der Waals surface area contributed by atoms with Crippen LogP contribution in [-0.4, -0.2) is 45.3 Å². The van der Waals surface area contributed by atoms with Crippen molar-refractivity contribution in [1.29, 1.82) is 0 Å². The smallest absolute Gasteiger partial charge is 0.194 e. The Hall–Kier alpha value is -1.59. The van der Waals surface area contributed by atoms with Crippen molar-refractivity contribution >= 4 is 5.96 Å². The zero-order valence-electron chi connectivity index (χ0n) is 14.5. The van der Waals surface area contributed by atoms with Crippen LogP contribution in [0.4, 0.5) is 0 Å². The van der Waals surface area contributed by atoms with E-state index >= 15 is 0 Å². The predicted octanol–water partition coefficient (Wildman–Crippen LogP) is 2.24. The Labute approximate surface area is 134 Å². The molecule has 0 bridgehead atoms. The lowest BCUT2D eigenvalue weighted by Gasteiger charge is -2.25. The van der Waals surface area contributed by atoms with Crippen LogP contribution < -0.4 is 5.32 Å². The molecule has 124 valence electrons. The SMILES string of the molecule is CCCCN(C)C(=NCc1nnc(C)n1C)NC1CCCC1. The molecule has 0 spiro atoms. The number of rotatable bonds is 6. The van der Waals surface area contributed by atoms with Crippen LogP contribution in [0.15, 0.2) is 4.99 Å². The topological polar surface area (TPSA) is 58.3 Å². The van der Waals surface area contributed by atoms with Crippen molar-refractivity contribution in [2.45, 2.75) is 65.0 Å². The average Bonchev–Trinajstić information content (AvgIpc) is 3.13. The zero-order valence-corrected chi connectivity index (χ0v) is 14.5. The van der Waals surface area contributed by atoms with Gasteiger partial charge in [-0.1, -0.05) is 26.2 Å². The second kappa shape index (κ2) is 8.15. The van der Waals surface area contributed by atoms with E-state index in [9.17, 15) is 0 Å². The van der Waals surface area contributed by atoms with Gasteiger partial charge in [0.1, 0.15) is 12.4 Å². The second-order valence-electron chi connectivity index (χ2n) is 6.26. The van der Waals surface area contributed by atoms with Crippen LogP contribution in [0.3, 0.4) is 0 Å². The van der Waals surface area contributed by atoms with Crippen molar-refractivity contribution in [3.8, 4) is 0 Å². The highest BCUT2D eigenvalue weighted by molar-refractivity contribution is 5.80. The van der Waals surface area contributed by atoms with Gasteiger partial charge in [0.2, 0.25) is 0 Å². The van der Waals surface area contributed by atoms with Gasteiger partial charge in [0.25, 0.3) is 0 Å². The zero-order chi connectivity index (χ0) is 15.9. The highest BCUT2D eigenvalue weighted by Crippen LogP contribution is 2.18. The van der Waals surface area contributed by atoms with Gasteiger partial charge < -0.3 is 14.8 Å². The number of aryl methyl sites for hydroxylation is 1. The first-order valence-corrected chi connectivity index (χ1v) is 8.48. The van der Waals surface area contributed by atoms with E-state index in [1.807, 2.05) is 18.5 Å². The molecule has 22 heavy (non-hydrogen) atoms. The number of hydrogen-bond donors (Lipinski definition) is 1. The van der Waals surface area contributed by atoms with Gasteiger partial charge in [0, 0.05) is 26.7 Å². The Kier molecular flexibility index (Phi) is 6.21. The molecular weight excluding hydrogens is 276 g/mol. The molecule has 0 amide bonds. The molecule has 6 nitrogen and oxygen atoms in total. The lowest BCUT2D eigenvalue weighted by Crippen LogP contribution is -2.43. The van der Waals surface area contributed by atoms with E-state index in [0.717, 1.165) is 24.2 Å². The molecule has 1 N–H and O–H groups in total. The number of aliphatic imine (C=N–C) groups is 1. The van der Waals surface area contributed by atoms with Gasteiger partial charge >= 0.3 is 0 Å². The highest BCUT2D eigenvalue weighted by atomic mass is 15.3. The van der Waals surface area contributed by atoms with Crippen LogP contribution in [-0.2, 0) is 13.6 Å². The standard InChI is InChI=1S/C16H30N6/c1-5-6-11-21(3)16(18-14-9-7-8-10-14)17-12-15-20-19-13(2)22(15)4/h14H,5-12H2,1-4H3,(H,17,18). The maximum Gasteiger partial charge on any atom is 0.194 e. The van der Waals surface area contributed by atoms with Crippen molar-refractivity contribution in [1.82, 2.24) is 25.0 Å². The largest absolute Gasteiger partial charge is 0.354 e. The van der Waals surface area contributed by atoms with E-state index in [1.165, 1.54) is 38.5 Å². The van der Waals surface area contributed by atoms with E-state index in [1.54, 1.807) is 0 Å². The molecule has 0 aromatic carbocycles. The molecular formula is C16H30N6. The normalized spacial score (nSPS) is 16.3. The average molecular weight is 306 g/mol. The summed E-state index contributed by atoms with van der Waals surface area (Å²) < 4.78 is 2.00. The fraction of sp³-hybridized carbons (Fsp3) is 0.812. The molecule has 2 rings (SSSR count). The Bertz CT molecular complexity index is 487. The fourth-order valence-electron chi connectivity index (χ4n) is 2.76. The number of aromatic nitrogens is 3. The number of unbranched alkanes of at least 4 members (excludes halogenated alkanes) is 1. The van der Waals surface area contributed by atoms with Crippen LogP contribution in [0.25, 0.3) is 0 Å². The Balaban J connectivity index is 2.04. The van der Waals surface area contributed by atoms with Crippen LogP contribution in [0, 0.1) is 6.92 Å².